The second-order valence-corrected chi connectivity index (χ2v) is 7.15. The van der Waals surface area contributed by atoms with Gasteiger partial charge in [-0.15, -0.1) is 0 Å². The Bertz CT molecular complexity index is 655. The van der Waals surface area contributed by atoms with Crippen molar-refractivity contribution in [3.05, 3.63) is 70.7 Å². The van der Waals surface area contributed by atoms with Crippen LogP contribution in [0.5, 0.6) is 0 Å². The van der Waals surface area contributed by atoms with Crippen molar-refractivity contribution in [1.82, 2.24) is 9.80 Å². The Kier molecular flexibility index (Phi) is 7.06. The van der Waals surface area contributed by atoms with Crippen LogP contribution >= 0.6 is 11.6 Å². The fourth-order valence-corrected chi connectivity index (χ4v) is 3.62. The molecule has 5 heteroatoms. The number of aliphatic hydroxyl groups excluding tert-OH is 1. The number of ether oxygens (including phenoxy) is 1. The summed E-state index contributed by atoms with van der Waals surface area (Å²) in [5, 5.41) is 9.98. The van der Waals surface area contributed by atoms with Crippen molar-refractivity contribution >= 4 is 11.6 Å². The third-order valence-electron chi connectivity index (χ3n) is 4.84. The van der Waals surface area contributed by atoms with Gasteiger partial charge >= 0.3 is 0 Å². The standard InChI is InChI=1S/C21H27ClN2O2/c1-17(25)26-16-15-23-11-13-24(14-12-23)21(18-5-3-2-4-6-18)19-7-9-20(22)10-8-19/h2-10,17,21,25H,11-16H2,1H3. The van der Waals surface area contributed by atoms with E-state index in [0.29, 0.717) is 6.61 Å². The first-order valence-electron chi connectivity index (χ1n) is 9.20. The van der Waals surface area contributed by atoms with Crippen LogP contribution < -0.4 is 0 Å². The Morgan fingerprint density at radius 1 is 0.962 bits per heavy atom. The van der Waals surface area contributed by atoms with Crippen LogP contribution in [0.4, 0.5) is 0 Å². The van der Waals surface area contributed by atoms with Gasteiger partial charge in [-0.3, -0.25) is 9.80 Å². The fraction of sp³-hybridized carbons (Fsp3) is 0.429. The molecule has 1 aliphatic heterocycles. The first-order chi connectivity index (χ1) is 12.6. The van der Waals surface area contributed by atoms with Crippen LogP contribution in [0.1, 0.15) is 24.1 Å². The molecule has 2 aromatic rings. The van der Waals surface area contributed by atoms with Crippen molar-refractivity contribution in [1.29, 1.82) is 0 Å². The zero-order chi connectivity index (χ0) is 18.4. The van der Waals surface area contributed by atoms with Gasteiger partial charge in [0.25, 0.3) is 0 Å². The van der Waals surface area contributed by atoms with Gasteiger partial charge in [0.05, 0.1) is 12.6 Å². The summed E-state index contributed by atoms with van der Waals surface area (Å²) in [4.78, 5) is 4.92. The molecule has 0 amide bonds. The van der Waals surface area contributed by atoms with Gasteiger partial charge in [-0.2, -0.15) is 0 Å². The van der Waals surface area contributed by atoms with Crippen LogP contribution in [0.25, 0.3) is 0 Å². The summed E-state index contributed by atoms with van der Waals surface area (Å²) in [6.45, 7) is 7.06. The maximum absolute atomic E-state index is 9.21. The summed E-state index contributed by atoms with van der Waals surface area (Å²) < 4.78 is 5.26. The molecule has 2 aromatic carbocycles. The normalized spacial score (nSPS) is 18.6. The van der Waals surface area contributed by atoms with Crippen molar-refractivity contribution in [3.8, 4) is 0 Å². The zero-order valence-electron chi connectivity index (χ0n) is 15.2. The SMILES string of the molecule is CC(O)OCCN1CCN(C(c2ccccc2)c2ccc(Cl)cc2)CC1. The van der Waals surface area contributed by atoms with E-state index >= 15 is 0 Å². The molecule has 0 spiro atoms. The zero-order valence-corrected chi connectivity index (χ0v) is 16.0. The van der Waals surface area contributed by atoms with Crippen molar-refractivity contribution in [2.24, 2.45) is 0 Å². The molecule has 1 N–H and O–H groups in total. The highest BCUT2D eigenvalue weighted by molar-refractivity contribution is 6.30. The number of hydrogen-bond donors (Lipinski definition) is 1. The number of piperazine rings is 1. The van der Waals surface area contributed by atoms with Crippen LogP contribution in [0.15, 0.2) is 54.6 Å². The van der Waals surface area contributed by atoms with Crippen molar-refractivity contribution in [2.45, 2.75) is 19.3 Å². The molecule has 2 unspecified atom stereocenters. The third kappa shape index (κ3) is 5.29. The van der Waals surface area contributed by atoms with Crippen molar-refractivity contribution in [3.63, 3.8) is 0 Å². The first-order valence-corrected chi connectivity index (χ1v) is 9.58. The Balaban J connectivity index is 1.68. The molecule has 1 fully saturated rings. The minimum atomic E-state index is -0.691. The monoisotopic (exact) mass is 374 g/mol. The summed E-state index contributed by atoms with van der Waals surface area (Å²) in [6, 6.07) is 19.1. The molecule has 0 saturated carbocycles. The second kappa shape index (κ2) is 9.49. The highest BCUT2D eigenvalue weighted by Gasteiger charge is 2.26. The van der Waals surface area contributed by atoms with E-state index in [-0.39, 0.29) is 6.04 Å². The number of aliphatic hydroxyl groups is 1. The van der Waals surface area contributed by atoms with E-state index in [9.17, 15) is 5.11 Å². The maximum Gasteiger partial charge on any atom is 0.151 e. The van der Waals surface area contributed by atoms with Crippen LogP contribution in [0.2, 0.25) is 5.02 Å². The molecule has 0 aromatic heterocycles. The van der Waals surface area contributed by atoms with E-state index in [2.05, 4.69) is 52.3 Å². The summed E-state index contributed by atoms with van der Waals surface area (Å²) in [5.41, 5.74) is 2.58. The van der Waals surface area contributed by atoms with E-state index in [1.165, 1.54) is 11.1 Å². The third-order valence-corrected chi connectivity index (χ3v) is 5.09. The molecule has 1 saturated heterocycles. The number of benzene rings is 2. The lowest BCUT2D eigenvalue weighted by Gasteiger charge is -2.39. The Morgan fingerprint density at radius 3 is 2.19 bits per heavy atom. The molecule has 3 rings (SSSR count). The average Bonchev–Trinajstić information content (AvgIpc) is 2.65. The molecule has 2 atom stereocenters. The lowest BCUT2D eigenvalue weighted by molar-refractivity contribution is -0.0909. The van der Waals surface area contributed by atoms with Gasteiger partial charge in [0.1, 0.15) is 0 Å². The Labute approximate surface area is 160 Å². The molecular formula is C21H27ClN2O2. The largest absolute Gasteiger partial charge is 0.368 e. The highest BCUT2D eigenvalue weighted by Crippen LogP contribution is 2.30. The lowest BCUT2D eigenvalue weighted by Crippen LogP contribution is -2.48. The molecular weight excluding hydrogens is 348 g/mol. The summed E-state index contributed by atoms with van der Waals surface area (Å²) in [6.07, 6.45) is -0.691. The molecule has 1 heterocycles. The van der Waals surface area contributed by atoms with Gasteiger partial charge in [-0.05, 0) is 30.2 Å². The minimum absolute atomic E-state index is 0.240. The second-order valence-electron chi connectivity index (χ2n) is 6.71. The van der Waals surface area contributed by atoms with Gasteiger partial charge in [0.15, 0.2) is 6.29 Å². The topological polar surface area (TPSA) is 35.9 Å². The van der Waals surface area contributed by atoms with Crippen LogP contribution in [0, 0.1) is 0 Å². The van der Waals surface area contributed by atoms with Crippen molar-refractivity contribution < 1.29 is 9.84 Å². The van der Waals surface area contributed by atoms with E-state index < -0.39 is 6.29 Å². The predicted molar refractivity (Wildman–Crippen MR) is 105 cm³/mol. The van der Waals surface area contributed by atoms with Gasteiger partial charge in [0, 0.05) is 37.7 Å². The maximum atomic E-state index is 9.21. The van der Waals surface area contributed by atoms with E-state index in [4.69, 9.17) is 16.3 Å². The number of nitrogens with zero attached hydrogens (tertiary/aromatic N) is 2. The first kappa shape index (κ1) is 19.3. The lowest BCUT2D eigenvalue weighted by atomic mass is 9.96. The highest BCUT2D eigenvalue weighted by atomic mass is 35.5. The minimum Gasteiger partial charge on any atom is -0.368 e. The van der Waals surface area contributed by atoms with Crippen LogP contribution in [-0.4, -0.2) is 60.5 Å². The molecule has 140 valence electrons. The number of rotatable bonds is 7. The van der Waals surface area contributed by atoms with Crippen molar-refractivity contribution in [2.75, 3.05) is 39.3 Å². The summed E-state index contributed by atoms with van der Waals surface area (Å²) >= 11 is 6.09. The van der Waals surface area contributed by atoms with E-state index in [1.807, 2.05) is 12.1 Å². The molecule has 1 aliphatic rings. The Morgan fingerprint density at radius 2 is 1.58 bits per heavy atom. The summed E-state index contributed by atoms with van der Waals surface area (Å²) in [7, 11) is 0. The molecule has 26 heavy (non-hydrogen) atoms. The average molecular weight is 375 g/mol. The summed E-state index contributed by atoms with van der Waals surface area (Å²) in [5.74, 6) is 0. The smallest absolute Gasteiger partial charge is 0.151 e. The van der Waals surface area contributed by atoms with Gasteiger partial charge in [-0.1, -0.05) is 54.1 Å². The van der Waals surface area contributed by atoms with Gasteiger partial charge in [-0.25, -0.2) is 0 Å². The van der Waals surface area contributed by atoms with E-state index in [0.717, 1.165) is 37.7 Å². The molecule has 0 radical (unpaired) electrons. The number of halogens is 1. The number of hydrogen-bond acceptors (Lipinski definition) is 4. The molecule has 0 aliphatic carbocycles. The quantitative estimate of drug-likeness (QED) is 0.753. The van der Waals surface area contributed by atoms with Gasteiger partial charge in [0.2, 0.25) is 0 Å². The predicted octanol–water partition coefficient (Wildman–Crippen LogP) is 3.40. The Hall–Kier alpha value is -1.43. The van der Waals surface area contributed by atoms with Gasteiger partial charge < -0.3 is 9.84 Å². The fourth-order valence-electron chi connectivity index (χ4n) is 3.49. The molecule has 0 bridgehead atoms. The van der Waals surface area contributed by atoms with Crippen LogP contribution in [-0.2, 0) is 4.74 Å². The molecule has 4 nitrogen and oxygen atoms in total. The van der Waals surface area contributed by atoms with Crippen LogP contribution in [0.3, 0.4) is 0 Å². The van der Waals surface area contributed by atoms with E-state index in [1.54, 1.807) is 6.92 Å².